The van der Waals surface area contributed by atoms with Gasteiger partial charge in [0.25, 0.3) is 5.91 Å². The summed E-state index contributed by atoms with van der Waals surface area (Å²) in [5.74, 6) is 0.663. The maximum atomic E-state index is 12.1. The fraction of sp³-hybridized carbons (Fsp3) is 0.143. The molecule has 0 saturated carbocycles. The highest BCUT2D eigenvalue weighted by Crippen LogP contribution is 2.22. The number of amides is 1. The molecule has 0 radical (unpaired) electrons. The molecule has 0 aliphatic rings. The number of carbonyl (C=O) groups excluding carboxylic acids is 1. The molecule has 0 fully saturated rings. The van der Waals surface area contributed by atoms with Crippen molar-refractivity contribution in [3.8, 4) is 0 Å². The Morgan fingerprint density at radius 3 is 2.95 bits per heavy atom. The van der Waals surface area contributed by atoms with Crippen LogP contribution < -0.4 is 10.6 Å². The van der Waals surface area contributed by atoms with Crippen LogP contribution in [0, 0.1) is 0 Å². The number of nitrogens with one attached hydrogen (secondary N) is 2. The van der Waals surface area contributed by atoms with Crippen LogP contribution in [0.5, 0.6) is 0 Å². The van der Waals surface area contributed by atoms with Crippen LogP contribution in [-0.4, -0.2) is 25.7 Å². The highest BCUT2D eigenvalue weighted by Gasteiger charge is 2.11. The molecule has 0 aromatic carbocycles. The Labute approximate surface area is 131 Å². The van der Waals surface area contributed by atoms with E-state index in [0.29, 0.717) is 16.6 Å². The van der Waals surface area contributed by atoms with Crippen molar-refractivity contribution in [1.29, 1.82) is 0 Å². The number of rotatable bonds is 5. The van der Waals surface area contributed by atoms with E-state index in [1.807, 2.05) is 25.2 Å². The molecule has 7 nitrogen and oxygen atoms in total. The van der Waals surface area contributed by atoms with Gasteiger partial charge in [0.1, 0.15) is 10.7 Å². The van der Waals surface area contributed by atoms with Gasteiger partial charge in [0.05, 0.1) is 12.4 Å². The van der Waals surface area contributed by atoms with Gasteiger partial charge in [0.15, 0.2) is 5.13 Å². The molecule has 3 aromatic heterocycles. The number of hydrogen-bond donors (Lipinski definition) is 2. The molecule has 2 N–H and O–H groups in total. The monoisotopic (exact) mass is 314 g/mol. The molecule has 22 heavy (non-hydrogen) atoms. The molecule has 0 bridgehead atoms. The molecule has 1 amide bonds. The van der Waals surface area contributed by atoms with Crippen molar-refractivity contribution >= 4 is 28.2 Å². The minimum Gasteiger partial charge on any atom is -0.347 e. The van der Waals surface area contributed by atoms with Crippen LogP contribution in [0.25, 0.3) is 0 Å². The summed E-state index contributed by atoms with van der Waals surface area (Å²) in [7, 11) is 1.83. The van der Waals surface area contributed by atoms with E-state index in [0.717, 1.165) is 11.4 Å². The van der Waals surface area contributed by atoms with Crippen molar-refractivity contribution in [2.75, 3.05) is 5.32 Å². The Morgan fingerprint density at radius 2 is 2.23 bits per heavy atom. The molecule has 0 atom stereocenters. The molecule has 3 heterocycles. The quantitative estimate of drug-likeness (QED) is 0.752. The first kappa shape index (κ1) is 14.2. The molecule has 0 aliphatic carbocycles. The van der Waals surface area contributed by atoms with Crippen LogP contribution in [-0.2, 0) is 13.6 Å². The molecule has 112 valence electrons. The van der Waals surface area contributed by atoms with E-state index in [-0.39, 0.29) is 5.91 Å². The van der Waals surface area contributed by atoms with E-state index in [9.17, 15) is 4.79 Å². The average Bonchev–Trinajstić information content (AvgIpc) is 3.16. The van der Waals surface area contributed by atoms with Crippen LogP contribution in [0.15, 0.2) is 43.0 Å². The van der Waals surface area contributed by atoms with E-state index >= 15 is 0 Å². The topological polar surface area (TPSA) is 84.7 Å². The van der Waals surface area contributed by atoms with Crippen LogP contribution in [0.1, 0.15) is 15.2 Å². The van der Waals surface area contributed by atoms with Gasteiger partial charge in [-0.3, -0.25) is 14.5 Å². The third-order valence-electron chi connectivity index (χ3n) is 2.96. The first-order valence-electron chi connectivity index (χ1n) is 6.60. The van der Waals surface area contributed by atoms with Gasteiger partial charge in [-0.1, -0.05) is 17.4 Å². The van der Waals surface area contributed by atoms with Gasteiger partial charge in [-0.05, 0) is 11.6 Å². The number of pyridine rings is 1. The molecular weight excluding hydrogens is 300 g/mol. The number of aromatic nitrogens is 4. The van der Waals surface area contributed by atoms with Crippen LogP contribution in [0.4, 0.5) is 10.9 Å². The second-order valence-electron chi connectivity index (χ2n) is 4.54. The van der Waals surface area contributed by atoms with E-state index < -0.39 is 0 Å². The Hall–Kier alpha value is -2.74. The lowest BCUT2D eigenvalue weighted by Gasteiger charge is -2.03. The highest BCUT2D eigenvalue weighted by molar-refractivity contribution is 7.17. The largest absolute Gasteiger partial charge is 0.347 e. The number of aryl methyl sites for hydroxylation is 1. The number of carbonyl (C=O) groups is 1. The lowest BCUT2D eigenvalue weighted by molar-refractivity contribution is 0.0954. The van der Waals surface area contributed by atoms with Gasteiger partial charge in [-0.15, -0.1) is 0 Å². The van der Waals surface area contributed by atoms with Gasteiger partial charge in [-0.25, -0.2) is 4.98 Å². The summed E-state index contributed by atoms with van der Waals surface area (Å²) >= 11 is 1.29. The van der Waals surface area contributed by atoms with Crippen molar-refractivity contribution in [2.24, 2.45) is 7.05 Å². The molecule has 0 saturated heterocycles. The van der Waals surface area contributed by atoms with Crippen molar-refractivity contribution in [2.45, 2.75) is 6.54 Å². The Bertz CT molecular complexity index is 767. The van der Waals surface area contributed by atoms with E-state index in [4.69, 9.17) is 0 Å². The zero-order valence-electron chi connectivity index (χ0n) is 11.9. The predicted molar refractivity (Wildman–Crippen MR) is 84.0 cm³/mol. The summed E-state index contributed by atoms with van der Waals surface area (Å²) in [6, 6.07) is 5.59. The summed E-state index contributed by atoms with van der Waals surface area (Å²) in [6.07, 6.45) is 6.67. The standard InChI is InChI=1S/C14H14N6OS/c1-20-12(4-6-18-20)19-14-17-9-11(22-14)13(21)16-8-10-3-2-5-15-7-10/h2-7,9H,8H2,1H3,(H,16,21)(H,17,19). The van der Waals surface area contributed by atoms with Crippen molar-refractivity contribution in [1.82, 2.24) is 25.1 Å². The summed E-state index contributed by atoms with van der Waals surface area (Å²) in [5, 5.41) is 10.7. The molecular formula is C14H14N6OS. The van der Waals surface area contributed by atoms with E-state index in [1.54, 1.807) is 29.5 Å². The second kappa shape index (κ2) is 6.35. The molecule has 3 aromatic rings. The van der Waals surface area contributed by atoms with Crippen molar-refractivity contribution < 1.29 is 4.79 Å². The fourth-order valence-electron chi connectivity index (χ4n) is 1.82. The first-order chi connectivity index (χ1) is 10.7. The summed E-state index contributed by atoms with van der Waals surface area (Å²) in [4.78, 5) is 20.9. The average molecular weight is 314 g/mol. The van der Waals surface area contributed by atoms with Crippen LogP contribution >= 0.6 is 11.3 Å². The molecule has 0 unspecified atom stereocenters. The van der Waals surface area contributed by atoms with Crippen molar-refractivity contribution in [3.05, 3.63) is 53.4 Å². The van der Waals surface area contributed by atoms with Gasteiger partial charge in [-0.2, -0.15) is 5.10 Å². The predicted octanol–water partition coefficient (Wildman–Crippen LogP) is 1.95. The Kier molecular flexibility index (Phi) is 4.10. The normalized spacial score (nSPS) is 10.4. The third-order valence-corrected chi connectivity index (χ3v) is 3.87. The zero-order valence-corrected chi connectivity index (χ0v) is 12.7. The number of nitrogens with zero attached hydrogens (tertiary/aromatic N) is 4. The number of anilines is 2. The summed E-state index contributed by atoms with van der Waals surface area (Å²) in [6.45, 7) is 0.440. The lowest BCUT2D eigenvalue weighted by atomic mass is 10.3. The van der Waals surface area contributed by atoms with Crippen LogP contribution in [0.2, 0.25) is 0 Å². The lowest BCUT2D eigenvalue weighted by Crippen LogP contribution is -2.21. The maximum Gasteiger partial charge on any atom is 0.263 e. The molecule has 0 spiro atoms. The van der Waals surface area contributed by atoms with Crippen LogP contribution in [0.3, 0.4) is 0 Å². The minimum atomic E-state index is -0.153. The maximum absolute atomic E-state index is 12.1. The van der Waals surface area contributed by atoms with Gasteiger partial charge < -0.3 is 10.6 Å². The number of thiazole rings is 1. The van der Waals surface area contributed by atoms with Gasteiger partial charge >= 0.3 is 0 Å². The Morgan fingerprint density at radius 1 is 1.32 bits per heavy atom. The Balaban J connectivity index is 1.61. The van der Waals surface area contributed by atoms with E-state index in [2.05, 4.69) is 25.7 Å². The molecule has 8 heteroatoms. The molecule has 3 rings (SSSR count). The zero-order chi connectivity index (χ0) is 15.4. The SMILES string of the molecule is Cn1nccc1Nc1ncc(C(=O)NCc2cccnc2)s1. The first-order valence-corrected chi connectivity index (χ1v) is 7.42. The highest BCUT2D eigenvalue weighted by atomic mass is 32.1. The summed E-state index contributed by atoms with van der Waals surface area (Å²) in [5.41, 5.74) is 0.952. The smallest absolute Gasteiger partial charge is 0.263 e. The van der Waals surface area contributed by atoms with Gasteiger partial charge in [0, 0.05) is 32.1 Å². The van der Waals surface area contributed by atoms with Gasteiger partial charge in [0.2, 0.25) is 0 Å². The number of hydrogen-bond acceptors (Lipinski definition) is 6. The minimum absolute atomic E-state index is 0.153. The fourth-order valence-corrected chi connectivity index (χ4v) is 2.55. The molecule has 0 aliphatic heterocycles. The van der Waals surface area contributed by atoms with Crippen molar-refractivity contribution in [3.63, 3.8) is 0 Å². The van der Waals surface area contributed by atoms with E-state index in [1.165, 1.54) is 11.3 Å². The second-order valence-corrected chi connectivity index (χ2v) is 5.57. The summed E-state index contributed by atoms with van der Waals surface area (Å²) < 4.78 is 1.70. The third kappa shape index (κ3) is 3.29.